The smallest absolute Gasteiger partial charge is 0.341 e. The normalized spacial score (nSPS) is 13.6. The van der Waals surface area contributed by atoms with E-state index in [9.17, 15) is 15.0 Å². The molecule has 0 fully saturated rings. The highest BCUT2D eigenvalue weighted by atomic mass is 16.5. The van der Waals surface area contributed by atoms with Crippen molar-refractivity contribution in [1.82, 2.24) is 0 Å². The van der Waals surface area contributed by atoms with Crippen LogP contribution in [0.4, 0.5) is 0 Å². The number of para-hydroxylation sites is 1. The number of aliphatic hydroxyl groups excluding tert-OH is 2. The van der Waals surface area contributed by atoms with Gasteiger partial charge in [0.15, 0.2) is 18.1 Å². The molecular weight excluding hydrogens is 266 g/mol. The molecule has 0 aromatic heterocycles. The first-order valence-electron chi connectivity index (χ1n) is 6.17. The Hall–Kier alpha value is -1.83. The van der Waals surface area contributed by atoms with Gasteiger partial charge in [-0.3, -0.25) is 0 Å². The van der Waals surface area contributed by atoms with Gasteiger partial charge in [0.25, 0.3) is 0 Å². The Morgan fingerprint density at radius 2 is 2.05 bits per heavy atom. The van der Waals surface area contributed by atoms with E-state index in [1.54, 1.807) is 19.1 Å². The molecule has 0 radical (unpaired) electrons. The number of rotatable bonds is 8. The maximum Gasteiger partial charge on any atom is 0.341 e. The zero-order valence-corrected chi connectivity index (χ0v) is 11.2. The number of ether oxygens (including phenoxy) is 2. The summed E-state index contributed by atoms with van der Waals surface area (Å²) in [5.74, 6) is -0.762. The van der Waals surface area contributed by atoms with Gasteiger partial charge >= 0.3 is 5.97 Å². The average Bonchev–Trinajstić information content (AvgIpc) is 2.44. The summed E-state index contributed by atoms with van der Waals surface area (Å²) in [7, 11) is 0. The van der Waals surface area contributed by atoms with Gasteiger partial charge in [-0.2, -0.15) is 0 Å². The second-order valence-electron chi connectivity index (χ2n) is 4.04. The van der Waals surface area contributed by atoms with Gasteiger partial charge in [-0.25, -0.2) is 4.79 Å². The summed E-state index contributed by atoms with van der Waals surface area (Å²) in [5, 5.41) is 28.3. The van der Waals surface area contributed by atoms with Crippen LogP contribution in [-0.2, 0) is 4.79 Å². The highest BCUT2D eigenvalue weighted by Crippen LogP contribution is 2.36. The zero-order chi connectivity index (χ0) is 15.1. The molecule has 0 bridgehead atoms. The predicted octanol–water partition coefficient (Wildman–Crippen LogP) is -0.0983. The van der Waals surface area contributed by atoms with Gasteiger partial charge in [-0.1, -0.05) is 12.1 Å². The second-order valence-corrected chi connectivity index (χ2v) is 4.04. The summed E-state index contributed by atoms with van der Waals surface area (Å²) in [4.78, 5) is 10.6. The van der Waals surface area contributed by atoms with Crippen molar-refractivity contribution in [2.75, 3.05) is 19.8 Å². The van der Waals surface area contributed by atoms with E-state index in [-0.39, 0.29) is 17.9 Å². The fourth-order valence-electron chi connectivity index (χ4n) is 1.66. The number of aliphatic hydroxyl groups is 2. The third kappa shape index (κ3) is 4.09. The number of hydrogen-bond acceptors (Lipinski definition) is 6. The number of carboxylic acid groups (broad SMARTS) is 1. The highest BCUT2D eigenvalue weighted by molar-refractivity contribution is 5.68. The maximum absolute atomic E-state index is 10.6. The van der Waals surface area contributed by atoms with E-state index >= 15 is 0 Å². The number of carboxylic acids is 1. The molecule has 20 heavy (non-hydrogen) atoms. The molecule has 5 N–H and O–H groups in total. The molecule has 2 atom stereocenters. The lowest BCUT2D eigenvalue weighted by atomic mass is 10.0. The molecule has 0 aliphatic heterocycles. The minimum absolute atomic E-state index is 0.0942. The molecule has 7 nitrogen and oxygen atoms in total. The third-order valence-electron chi connectivity index (χ3n) is 2.57. The van der Waals surface area contributed by atoms with E-state index in [1.807, 2.05) is 0 Å². The minimum Gasteiger partial charge on any atom is -0.490 e. The second kappa shape index (κ2) is 7.68. The molecule has 0 spiro atoms. The van der Waals surface area contributed by atoms with Crippen LogP contribution in [0, 0.1) is 0 Å². The zero-order valence-electron chi connectivity index (χ0n) is 11.2. The molecule has 1 aromatic rings. The SMILES string of the molecule is CCOc1cccc(C(O)C(O)CN)c1OCC(=O)O. The summed E-state index contributed by atoms with van der Waals surface area (Å²) in [6, 6.07) is 4.72. The number of carbonyl (C=O) groups is 1. The van der Waals surface area contributed by atoms with Crippen molar-refractivity contribution in [1.29, 1.82) is 0 Å². The van der Waals surface area contributed by atoms with Gasteiger partial charge in [0.1, 0.15) is 6.10 Å². The largest absolute Gasteiger partial charge is 0.490 e. The van der Waals surface area contributed by atoms with Gasteiger partial charge < -0.3 is 30.5 Å². The van der Waals surface area contributed by atoms with Gasteiger partial charge in [0.05, 0.1) is 12.7 Å². The van der Waals surface area contributed by atoms with Crippen LogP contribution >= 0.6 is 0 Å². The Morgan fingerprint density at radius 3 is 2.60 bits per heavy atom. The highest BCUT2D eigenvalue weighted by Gasteiger charge is 2.23. The van der Waals surface area contributed by atoms with E-state index in [1.165, 1.54) is 6.07 Å². The first-order valence-corrected chi connectivity index (χ1v) is 6.17. The van der Waals surface area contributed by atoms with Crippen LogP contribution in [0.15, 0.2) is 18.2 Å². The molecule has 112 valence electrons. The van der Waals surface area contributed by atoms with Crippen molar-refractivity contribution in [3.63, 3.8) is 0 Å². The van der Waals surface area contributed by atoms with E-state index in [0.717, 1.165) is 0 Å². The van der Waals surface area contributed by atoms with Crippen molar-refractivity contribution in [2.45, 2.75) is 19.1 Å². The van der Waals surface area contributed by atoms with Crippen molar-refractivity contribution >= 4 is 5.97 Å². The van der Waals surface area contributed by atoms with Crippen molar-refractivity contribution in [3.05, 3.63) is 23.8 Å². The summed E-state index contributed by atoms with van der Waals surface area (Å²) < 4.78 is 10.5. The summed E-state index contributed by atoms with van der Waals surface area (Å²) in [5.41, 5.74) is 5.53. The van der Waals surface area contributed by atoms with E-state index in [2.05, 4.69) is 0 Å². The number of benzene rings is 1. The first kappa shape index (κ1) is 16.2. The topological polar surface area (TPSA) is 122 Å². The van der Waals surface area contributed by atoms with Crippen LogP contribution in [0.3, 0.4) is 0 Å². The lowest BCUT2D eigenvalue weighted by Crippen LogP contribution is -2.27. The van der Waals surface area contributed by atoms with Crippen LogP contribution in [0.5, 0.6) is 11.5 Å². The minimum atomic E-state index is -1.29. The summed E-state index contributed by atoms with van der Waals surface area (Å²) in [6.45, 7) is 1.39. The molecule has 0 aliphatic carbocycles. The van der Waals surface area contributed by atoms with Crippen LogP contribution in [0.25, 0.3) is 0 Å². The van der Waals surface area contributed by atoms with Gasteiger partial charge in [0, 0.05) is 12.1 Å². The molecular formula is C13H19NO6. The van der Waals surface area contributed by atoms with Gasteiger partial charge in [0.2, 0.25) is 0 Å². The molecule has 0 saturated heterocycles. The third-order valence-corrected chi connectivity index (χ3v) is 2.57. The van der Waals surface area contributed by atoms with E-state index in [4.69, 9.17) is 20.3 Å². The number of hydrogen-bond donors (Lipinski definition) is 4. The van der Waals surface area contributed by atoms with Crippen LogP contribution in [0.2, 0.25) is 0 Å². The Balaban J connectivity index is 3.13. The van der Waals surface area contributed by atoms with Gasteiger partial charge in [-0.15, -0.1) is 0 Å². The number of aliphatic carboxylic acids is 1. The monoisotopic (exact) mass is 285 g/mol. The van der Waals surface area contributed by atoms with E-state index < -0.39 is 24.8 Å². The Bertz CT molecular complexity index is 450. The molecule has 0 aliphatic rings. The van der Waals surface area contributed by atoms with E-state index in [0.29, 0.717) is 12.4 Å². The quantitative estimate of drug-likeness (QED) is 0.526. The molecule has 0 amide bonds. The molecule has 2 unspecified atom stereocenters. The lowest BCUT2D eigenvalue weighted by Gasteiger charge is -2.21. The Labute approximate surface area is 116 Å². The molecule has 1 rings (SSSR count). The first-order chi connectivity index (χ1) is 9.51. The summed E-state index contributed by atoms with van der Waals surface area (Å²) >= 11 is 0. The average molecular weight is 285 g/mol. The van der Waals surface area contributed by atoms with Crippen molar-refractivity contribution in [2.24, 2.45) is 5.73 Å². The fourth-order valence-corrected chi connectivity index (χ4v) is 1.66. The number of nitrogens with two attached hydrogens (primary N) is 1. The van der Waals surface area contributed by atoms with Crippen LogP contribution in [-0.4, -0.2) is 47.2 Å². The van der Waals surface area contributed by atoms with Crippen LogP contribution < -0.4 is 15.2 Å². The standard InChI is InChI=1S/C13H19NO6/c1-2-19-10-5-3-4-8(12(18)9(15)6-14)13(10)20-7-11(16)17/h3-5,9,12,15,18H,2,6-7,14H2,1H3,(H,16,17). The van der Waals surface area contributed by atoms with Crippen molar-refractivity contribution in [3.8, 4) is 11.5 Å². The van der Waals surface area contributed by atoms with Gasteiger partial charge in [-0.05, 0) is 13.0 Å². The predicted molar refractivity (Wildman–Crippen MR) is 70.8 cm³/mol. The Kier molecular flexibility index (Phi) is 6.23. The molecule has 7 heteroatoms. The molecule has 1 aromatic carbocycles. The van der Waals surface area contributed by atoms with Crippen LogP contribution in [0.1, 0.15) is 18.6 Å². The maximum atomic E-state index is 10.6. The lowest BCUT2D eigenvalue weighted by molar-refractivity contribution is -0.139. The Morgan fingerprint density at radius 1 is 1.35 bits per heavy atom. The fraction of sp³-hybridized carbons (Fsp3) is 0.462. The molecule has 0 saturated carbocycles. The summed E-state index contributed by atoms with van der Waals surface area (Å²) in [6.07, 6.45) is -2.47. The van der Waals surface area contributed by atoms with Crippen molar-refractivity contribution < 1.29 is 29.6 Å². The molecule has 0 heterocycles.